The van der Waals surface area contributed by atoms with Gasteiger partial charge in [-0.05, 0) is 6.07 Å². The quantitative estimate of drug-likeness (QED) is 0.494. The Bertz CT molecular complexity index is 682. The van der Waals surface area contributed by atoms with Crippen LogP contribution in [0.15, 0.2) is 35.7 Å². The van der Waals surface area contributed by atoms with Crippen molar-refractivity contribution in [3.63, 3.8) is 0 Å². The van der Waals surface area contributed by atoms with Gasteiger partial charge in [0.05, 0.1) is 5.69 Å². The highest BCUT2D eigenvalue weighted by Crippen LogP contribution is 2.17. The number of hydrogen-bond acceptors (Lipinski definition) is 6. The predicted molar refractivity (Wildman–Crippen MR) is 74.1 cm³/mol. The maximum atomic E-state index is 12.2. The van der Waals surface area contributed by atoms with E-state index in [2.05, 4.69) is 20.1 Å². The van der Waals surface area contributed by atoms with Gasteiger partial charge >= 0.3 is 0 Å². The van der Waals surface area contributed by atoms with Crippen molar-refractivity contribution in [2.75, 3.05) is 12.0 Å². The Morgan fingerprint density at radius 2 is 2.20 bits per heavy atom. The lowest BCUT2D eigenvalue weighted by Crippen LogP contribution is -2.28. The zero-order valence-electron chi connectivity index (χ0n) is 10.9. The smallest absolute Gasteiger partial charge is 0.244 e. The molecule has 0 aliphatic carbocycles. The molecule has 0 amide bonds. The van der Waals surface area contributed by atoms with E-state index in [4.69, 9.17) is 5.84 Å². The lowest BCUT2D eigenvalue weighted by Gasteiger charge is -2.10. The largest absolute Gasteiger partial charge is 0.338 e. The Labute approximate surface area is 117 Å². The third-order valence-electron chi connectivity index (χ3n) is 2.79. The van der Waals surface area contributed by atoms with E-state index in [-0.39, 0.29) is 11.4 Å². The Balaban J connectivity index is 2.06. The van der Waals surface area contributed by atoms with Crippen LogP contribution >= 0.6 is 0 Å². The van der Waals surface area contributed by atoms with E-state index in [1.54, 1.807) is 12.4 Å². The van der Waals surface area contributed by atoms with Gasteiger partial charge in [0.25, 0.3) is 0 Å². The van der Waals surface area contributed by atoms with E-state index in [0.717, 1.165) is 5.82 Å². The second-order valence-corrected chi connectivity index (χ2v) is 5.85. The molecule has 0 aliphatic heterocycles. The van der Waals surface area contributed by atoms with E-state index >= 15 is 0 Å². The molecule has 0 aliphatic rings. The molecule has 0 saturated heterocycles. The minimum Gasteiger partial charge on any atom is -0.338 e. The number of aromatic nitrogens is 3. The molecular weight excluding hydrogens is 280 g/mol. The maximum absolute atomic E-state index is 12.2. The molecule has 2 aromatic rings. The van der Waals surface area contributed by atoms with Crippen LogP contribution in [0.1, 0.15) is 5.82 Å². The van der Waals surface area contributed by atoms with Crippen molar-refractivity contribution >= 4 is 15.7 Å². The Morgan fingerprint density at radius 3 is 2.85 bits per heavy atom. The zero-order valence-corrected chi connectivity index (χ0v) is 11.8. The average Bonchev–Trinajstić information content (AvgIpc) is 2.84. The lowest BCUT2D eigenvalue weighted by atomic mass is 10.4. The molecule has 8 nitrogen and oxygen atoms in total. The lowest BCUT2D eigenvalue weighted by molar-refractivity contribution is 0.580. The summed E-state index contributed by atoms with van der Waals surface area (Å²) in [6.45, 7) is 0.242. The van der Waals surface area contributed by atoms with Crippen LogP contribution in [0.5, 0.6) is 0 Å². The molecule has 0 bridgehead atoms. The number of aryl methyl sites for hydroxylation is 1. The van der Waals surface area contributed by atoms with Gasteiger partial charge in [-0.1, -0.05) is 0 Å². The summed E-state index contributed by atoms with van der Waals surface area (Å²) in [5, 5.41) is 0. The molecule has 20 heavy (non-hydrogen) atoms. The van der Waals surface area contributed by atoms with Gasteiger partial charge in [-0.25, -0.2) is 18.1 Å². The van der Waals surface area contributed by atoms with Crippen molar-refractivity contribution in [1.29, 1.82) is 0 Å². The minimum absolute atomic E-state index is 0.0161. The number of nitrogens with two attached hydrogens (primary N) is 1. The van der Waals surface area contributed by atoms with Gasteiger partial charge in [-0.15, -0.1) is 0 Å². The van der Waals surface area contributed by atoms with Gasteiger partial charge in [0.1, 0.15) is 10.7 Å². The Kier molecular flexibility index (Phi) is 4.32. The molecule has 108 valence electrons. The third-order valence-corrected chi connectivity index (χ3v) is 4.28. The number of sulfonamides is 1. The molecule has 0 unspecified atom stereocenters. The first-order valence-corrected chi connectivity index (χ1v) is 7.39. The number of imidazole rings is 1. The number of nitrogen functional groups attached to an aromatic ring is 1. The second kappa shape index (κ2) is 5.99. The molecule has 0 spiro atoms. The molecule has 0 atom stereocenters. The van der Waals surface area contributed by atoms with E-state index in [1.165, 1.54) is 18.5 Å². The highest BCUT2D eigenvalue weighted by atomic mass is 32.2. The number of rotatable bonds is 6. The van der Waals surface area contributed by atoms with Crippen molar-refractivity contribution in [2.24, 2.45) is 12.9 Å². The normalized spacial score (nSPS) is 11.5. The zero-order chi connectivity index (χ0) is 14.6. The standard InChI is InChI=1S/C11H16N6O2S/c1-17-7-6-14-11(17)3-5-15-20(18,19)10-8-13-4-2-9(10)16-12/h2,4,6-8,15H,3,5,12H2,1H3,(H,13,16). The molecule has 2 rings (SSSR count). The molecule has 0 fully saturated rings. The summed E-state index contributed by atoms with van der Waals surface area (Å²) >= 11 is 0. The molecular formula is C11H16N6O2S. The fraction of sp³-hybridized carbons (Fsp3) is 0.273. The predicted octanol–water partition coefficient (Wildman–Crippen LogP) is -0.378. The minimum atomic E-state index is -3.66. The summed E-state index contributed by atoms with van der Waals surface area (Å²) in [7, 11) is -1.81. The van der Waals surface area contributed by atoms with Crippen molar-refractivity contribution in [3.8, 4) is 0 Å². The summed E-state index contributed by atoms with van der Waals surface area (Å²) in [5.74, 6) is 6.09. The molecule has 2 heterocycles. The van der Waals surface area contributed by atoms with E-state index < -0.39 is 10.0 Å². The number of pyridine rings is 1. The molecule has 0 radical (unpaired) electrons. The summed E-state index contributed by atoms with van der Waals surface area (Å²) in [5.41, 5.74) is 2.63. The molecule has 4 N–H and O–H groups in total. The van der Waals surface area contributed by atoms with Gasteiger partial charge in [0.2, 0.25) is 10.0 Å². The summed E-state index contributed by atoms with van der Waals surface area (Å²) < 4.78 is 28.6. The summed E-state index contributed by atoms with van der Waals surface area (Å²) in [6, 6.07) is 1.49. The first-order valence-electron chi connectivity index (χ1n) is 5.91. The van der Waals surface area contributed by atoms with E-state index in [0.29, 0.717) is 12.1 Å². The van der Waals surface area contributed by atoms with Gasteiger partial charge < -0.3 is 9.99 Å². The second-order valence-electron chi connectivity index (χ2n) is 4.12. The molecule has 0 aromatic carbocycles. The highest BCUT2D eigenvalue weighted by molar-refractivity contribution is 7.89. The van der Waals surface area contributed by atoms with Gasteiger partial charge in [-0.2, -0.15) is 0 Å². The summed E-state index contributed by atoms with van der Waals surface area (Å²) in [4.78, 5) is 7.94. The number of anilines is 1. The third kappa shape index (κ3) is 3.13. The van der Waals surface area contributed by atoms with Crippen LogP contribution in [0.25, 0.3) is 0 Å². The van der Waals surface area contributed by atoms with Crippen LogP contribution in [-0.4, -0.2) is 29.5 Å². The Hall–Kier alpha value is -1.97. The van der Waals surface area contributed by atoms with Crippen LogP contribution in [0.2, 0.25) is 0 Å². The first kappa shape index (κ1) is 14.4. The monoisotopic (exact) mass is 296 g/mol. The van der Waals surface area contributed by atoms with Crippen LogP contribution in [-0.2, 0) is 23.5 Å². The van der Waals surface area contributed by atoms with Gasteiger partial charge in [0.15, 0.2) is 0 Å². The number of hydrogen-bond donors (Lipinski definition) is 3. The fourth-order valence-corrected chi connectivity index (χ4v) is 2.87. The van der Waals surface area contributed by atoms with Gasteiger partial charge in [0, 0.05) is 44.8 Å². The van der Waals surface area contributed by atoms with Crippen molar-refractivity contribution in [3.05, 3.63) is 36.7 Å². The topological polar surface area (TPSA) is 115 Å². The van der Waals surface area contributed by atoms with E-state index in [9.17, 15) is 8.42 Å². The van der Waals surface area contributed by atoms with Crippen LogP contribution in [0, 0.1) is 0 Å². The highest BCUT2D eigenvalue weighted by Gasteiger charge is 2.18. The molecule has 2 aromatic heterocycles. The number of nitrogens with zero attached hydrogens (tertiary/aromatic N) is 3. The van der Waals surface area contributed by atoms with Crippen LogP contribution < -0.4 is 16.0 Å². The number of nitrogens with one attached hydrogen (secondary N) is 2. The molecule has 0 saturated carbocycles. The van der Waals surface area contributed by atoms with Crippen LogP contribution in [0.3, 0.4) is 0 Å². The summed E-state index contributed by atoms with van der Waals surface area (Å²) in [6.07, 6.45) is 6.68. The Morgan fingerprint density at radius 1 is 1.40 bits per heavy atom. The van der Waals surface area contributed by atoms with Crippen molar-refractivity contribution in [1.82, 2.24) is 19.3 Å². The van der Waals surface area contributed by atoms with Crippen LogP contribution in [0.4, 0.5) is 5.69 Å². The average molecular weight is 296 g/mol. The fourth-order valence-electron chi connectivity index (χ4n) is 1.73. The van der Waals surface area contributed by atoms with E-state index in [1.807, 2.05) is 11.6 Å². The number of hydrazine groups is 1. The van der Waals surface area contributed by atoms with Gasteiger partial charge in [-0.3, -0.25) is 10.8 Å². The first-order chi connectivity index (χ1) is 9.54. The SMILES string of the molecule is Cn1ccnc1CCNS(=O)(=O)c1cnccc1NN. The van der Waals surface area contributed by atoms with Crippen molar-refractivity contribution in [2.45, 2.75) is 11.3 Å². The molecule has 9 heteroatoms. The maximum Gasteiger partial charge on any atom is 0.244 e. The van der Waals surface area contributed by atoms with Crippen molar-refractivity contribution < 1.29 is 8.42 Å².